The first-order chi connectivity index (χ1) is 12.8. The van der Waals surface area contributed by atoms with Gasteiger partial charge in [-0.05, 0) is 30.0 Å². The Morgan fingerprint density at radius 1 is 1.18 bits per heavy atom. The third-order valence-corrected chi connectivity index (χ3v) is 7.20. The summed E-state index contributed by atoms with van der Waals surface area (Å²) in [6, 6.07) is 7.13. The fourth-order valence-corrected chi connectivity index (χ4v) is 4.54. The maximum atomic E-state index is 12.9. The van der Waals surface area contributed by atoms with Crippen molar-refractivity contribution in [2.24, 2.45) is 5.73 Å². The number of carbonyl (C=O) groups excluding carboxylic acids is 1. The van der Waals surface area contributed by atoms with Crippen molar-refractivity contribution in [3.05, 3.63) is 29.8 Å². The Kier molecular flexibility index (Phi) is 9.86. The number of carbonyl (C=O) groups is 1. The molecule has 1 saturated heterocycles. The van der Waals surface area contributed by atoms with Gasteiger partial charge in [0.25, 0.3) is 0 Å². The van der Waals surface area contributed by atoms with Crippen LogP contribution in [0.4, 0.5) is 0 Å². The van der Waals surface area contributed by atoms with Gasteiger partial charge < -0.3 is 15.4 Å². The Morgan fingerprint density at radius 2 is 1.75 bits per heavy atom. The van der Waals surface area contributed by atoms with Crippen LogP contribution in [0.1, 0.15) is 38.2 Å². The van der Waals surface area contributed by atoms with Gasteiger partial charge in [0, 0.05) is 39.8 Å². The molecule has 1 aliphatic rings. The van der Waals surface area contributed by atoms with Gasteiger partial charge in [-0.2, -0.15) is 4.31 Å². The number of nitrogens with zero attached hydrogens (tertiary/aromatic N) is 2. The van der Waals surface area contributed by atoms with E-state index in [2.05, 4.69) is 13.8 Å². The molecule has 0 radical (unpaired) electrons. The van der Waals surface area contributed by atoms with Gasteiger partial charge in [0.2, 0.25) is 15.9 Å². The van der Waals surface area contributed by atoms with E-state index in [1.807, 2.05) is 12.1 Å². The highest BCUT2D eigenvalue weighted by Crippen LogP contribution is 2.23. The summed E-state index contributed by atoms with van der Waals surface area (Å²) >= 11 is 0. The molecular formula is C19H32ClN3O4S. The number of rotatable bonds is 8. The zero-order valence-corrected chi connectivity index (χ0v) is 18.5. The number of amides is 1. The first kappa shape index (κ1) is 24.8. The van der Waals surface area contributed by atoms with Crippen molar-refractivity contribution in [3.63, 3.8) is 0 Å². The molecule has 0 saturated carbocycles. The van der Waals surface area contributed by atoms with Gasteiger partial charge in [-0.15, -0.1) is 12.4 Å². The van der Waals surface area contributed by atoms with Crippen molar-refractivity contribution in [3.8, 4) is 0 Å². The van der Waals surface area contributed by atoms with Crippen molar-refractivity contribution < 1.29 is 17.9 Å². The van der Waals surface area contributed by atoms with Gasteiger partial charge in [-0.3, -0.25) is 4.79 Å². The second-order valence-corrected chi connectivity index (χ2v) is 8.90. The number of sulfonamides is 1. The minimum absolute atomic E-state index is 0. The summed E-state index contributed by atoms with van der Waals surface area (Å²) in [6.07, 6.45) is 0.927. The van der Waals surface area contributed by atoms with Crippen molar-refractivity contribution in [1.29, 1.82) is 0 Å². The number of methoxy groups -OCH3 is 1. The lowest BCUT2D eigenvalue weighted by Gasteiger charge is -2.34. The van der Waals surface area contributed by atoms with Crippen LogP contribution in [0.5, 0.6) is 0 Å². The second kappa shape index (κ2) is 11.1. The molecule has 0 spiro atoms. The Bertz CT molecular complexity index is 715. The molecule has 0 aliphatic carbocycles. The van der Waals surface area contributed by atoms with Crippen LogP contribution in [-0.2, 0) is 19.6 Å². The molecule has 0 bridgehead atoms. The number of hydrogen-bond donors (Lipinski definition) is 1. The molecule has 2 rings (SSSR count). The van der Waals surface area contributed by atoms with Crippen molar-refractivity contribution >= 4 is 28.3 Å². The second-order valence-electron chi connectivity index (χ2n) is 6.96. The van der Waals surface area contributed by atoms with E-state index in [4.69, 9.17) is 10.5 Å². The first-order valence-corrected chi connectivity index (χ1v) is 10.9. The third-order valence-electron chi connectivity index (χ3n) is 5.29. The molecule has 160 valence electrons. The molecular weight excluding hydrogens is 402 g/mol. The van der Waals surface area contributed by atoms with Crippen LogP contribution >= 0.6 is 12.4 Å². The Hall–Kier alpha value is -1.19. The predicted octanol–water partition coefficient (Wildman–Crippen LogP) is 1.82. The fraction of sp³-hybridized carbons (Fsp3) is 0.632. The first-order valence-electron chi connectivity index (χ1n) is 9.44. The summed E-state index contributed by atoms with van der Waals surface area (Å²) in [7, 11) is -2.01. The normalized spacial score (nSPS) is 17.6. The van der Waals surface area contributed by atoms with Gasteiger partial charge >= 0.3 is 0 Å². The molecule has 7 nitrogen and oxygen atoms in total. The van der Waals surface area contributed by atoms with Gasteiger partial charge in [0.1, 0.15) is 0 Å². The lowest BCUT2D eigenvalue weighted by Crippen LogP contribution is -2.51. The summed E-state index contributed by atoms with van der Waals surface area (Å²) in [6.45, 7) is 5.86. The monoisotopic (exact) mass is 433 g/mol. The Balaban J connectivity index is 0.00000392. The zero-order chi connectivity index (χ0) is 20.0. The highest BCUT2D eigenvalue weighted by molar-refractivity contribution is 7.89. The van der Waals surface area contributed by atoms with E-state index in [1.165, 1.54) is 11.4 Å². The molecule has 28 heavy (non-hydrogen) atoms. The van der Waals surface area contributed by atoms with Crippen LogP contribution < -0.4 is 5.73 Å². The Morgan fingerprint density at radius 3 is 2.21 bits per heavy atom. The predicted molar refractivity (Wildman–Crippen MR) is 112 cm³/mol. The molecule has 2 atom stereocenters. The van der Waals surface area contributed by atoms with Crippen LogP contribution in [0.3, 0.4) is 0 Å². The molecule has 9 heteroatoms. The maximum Gasteiger partial charge on any atom is 0.243 e. The van der Waals surface area contributed by atoms with Crippen LogP contribution in [0.25, 0.3) is 0 Å². The fourth-order valence-electron chi connectivity index (χ4n) is 3.12. The number of nitrogens with two attached hydrogens (primary N) is 1. The third kappa shape index (κ3) is 5.90. The summed E-state index contributed by atoms with van der Waals surface area (Å²) in [5, 5.41) is 0. The standard InChI is InChI=1S/C19H31N3O4S.ClH/c1-4-15(2)16-5-7-18(8-6-16)27(24,25)22-11-9-21(10-12-22)19(23)13-17(14-20)26-3;/h5-8,15,17H,4,9-14,20H2,1-3H3;1H. The summed E-state index contributed by atoms with van der Waals surface area (Å²) < 4.78 is 32.3. The minimum atomic E-state index is -3.54. The van der Waals surface area contributed by atoms with E-state index in [0.29, 0.717) is 37.0 Å². The smallest absolute Gasteiger partial charge is 0.243 e. The highest BCUT2D eigenvalue weighted by Gasteiger charge is 2.30. The van der Waals surface area contributed by atoms with Crippen LogP contribution in [0.15, 0.2) is 29.2 Å². The highest BCUT2D eigenvalue weighted by atomic mass is 35.5. The van der Waals surface area contributed by atoms with E-state index in [9.17, 15) is 13.2 Å². The van der Waals surface area contributed by atoms with Crippen LogP contribution in [0.2, 0.25) is 0 Å². The van der Waals surface area contributed by atoms with Gasteiger partial charge in [-0.25, -0.2) is 8.42 Å². The number of hydrogen-bond acceptors (Lipinski definition) is 5. The Labute approximate surface area is 174 Å². The average molecular weight is 434 g/mol. The van der Waals surface area contributed by atoms with Crippen LogP contribution in [0, 0.1) is 0 Å². The number of halogens is 1. The molecule has 1 fully saturated rings. The molecule has 1 aromatic carbocycles. The van der Waals surface area contributed by atoms with E-state index in [1.54, 1.807) is 17.0 Å². The van der Waals surface area contributed by atoms with Gasteiger partial charge in [0.05, 0.1) is 17.4 Å². The van der Waals surface area contributed by atoms with Gasteiger partial charge in [0.15, 0.2) is 0 Å². The SMILES string of the molecule is CCC(C)c1ccc(S(=O)(=O)N2CCN(C(=O)CC(CN)OC)CC2)cc1.Cl. The average Bonchev–Trinajstić information content (AvgIpc) is 2.71. The van der Waals surface area contributed by atoms with Crippen molar-refractivity contribution in [2.45, 2.75) is 43.6 Å². The van der Waals surface area contributed by atoms with E-state index in [-0.39, 0.29) is 37.4 Å². The van der Waals surface area contributed by atoms with Crippen molar-refractivity contribution in [2.75, 3.05) is 39.8 Å². The lowest BCUT2D eigenvalue weighted by atomic mass is 9.99. The number of benzene rings is 1. The summed E-state index contributed by atoms with van der Waals surface area (Å²) in [5.41, 5.74) is 6.70. The van der Waals surface area contributed by atoms with E-state index < -0.39 is 10.0 Å². The molecule has 1 aromatic rings. The quantitative estimate of drug-likeness (QED) is 0.674. The molecule has 1 aliphatic heterocycles. The molecule has 1 heterocycles. The van der Waals surface area contributed by atoms with E-state index >= 15 is 0 Å². The summed E-state index contributed by atoms with van der Waals surface area (Å²) in [4.78, 5) is 14.3. The molecule has 2 N–H and O–H groups in total. The van der Waals surface area contributed by atoms with Gasteiger partial charge in [-0.1, -0.05) is 26.0 Å². The molecule has 2 unspecified atom stereocenters. The number of ether oxygens (including phenoxy) is 1. The molecule has 0 aromatic heterocycles. The zero-order valence-electron chi connectivity index (χ0n) is 16.8. The van der Waals surface area contributed by atoms with E-state index in [0.717, 1.165) is 12.0 Å². The largest absolute Gasteiger partial charge is 0.380 e. The molecule has 1 amide bonds. The van der Waals surface area contributed by atoms with Crippen molar-refractivity contribution in [1.82, 2.24) is 9.21 Å². The topological polar surface area (TPSA) is 92.9 Å². The summed E-state index contributed by atoms with van der Waals surface area (Å²) in [5.74, 6) is 0.350. The maximum absolute atomic E-state index is 12.9. The minimum Gasteiger partial charge on any atom is -0.380 e. The van der Waals surface area contributed by atoms with Crippen LogP contribution in [-0.4, -0.2) is 69.5 Å². The number of piperazine rings is 1. The lowest BCUT2D eigenvalue weighted by molar-refractivity contribution is -0.134.